The van der Waals surface area contributed by atoms with Crippen molar-refractivity contribution in [2.24, 2.45) is 0 Å². The fraction of sp³-hybridized carbons (Fsp3) is 0.316. The molecule has 0 aromatic heterocycles. The first-order valence-corrected chi connectivity index (χ1v) is 10.7. The van der Waals surface area contributed by atoms with Gasteiger partial charge in [0.1, 0.15) is 0 Å². The van der Waals surface area contributed by atoms with Gasteiger partial charge in [0.15, 0.2) is 0 Å². The van der Waals surface area contributed by atoms with Crippen molar-refractivity contribution in [3.05, 3.63) is 53.6 Å². The first-order chi connectivity index (χ1) is 14.6. The Bertz CT molecular complexity index is 993. The van der Waals surface area contributed by atoms with Crippen LogP contribution in [0.4, 0.5) is 42.5 Å². The van der Waals surface area contributed by atoms with Gasteiger partial charge in [-0.15, -0.1) is 0 Å². The molecule has 2 atom stereocenters. The van der Waals surface area contributed by atoms with Crippen LogP contribution in [-0.4, -0.2) is 17.0 Å². The SMILES string of the molecule is CCC(C)OP(=O)(O)c1ccccc1NC(=O)Nc1cc(C(F)(F)F)cc(C(F)(F)F)c1. The fourth-order valence-electron chi connectivity index (χ4n) is 2.51. The minimum Gasteiger partial charge on any atom is -0.321 e. The van der Waals surface area contributed by atoms with Crippen LogP contribution in [0.15, 0.2) is 42.5 Å². The largest absolute Gasteiger partial charge is 0.416 e. The van der Waals surface area contributed by atoms with Crippen LogP contribution in [0, 0.1) is 0 Å². The molecule has 32 heavy (non-hydrogen) atoms. The van der Waals surface area contributed by atoms with E-state index in [2.05, 4.69) is 5.32 Å². The highest BCUT2D eigenvalue weighted by molar-refractivity contribution is 7.61. The zero-order chi connectivity index (χ0) is 24.3. The molecule has 3 N–H and O–H groups in total. The Morgan fingerprint density at radius 3 is 2.06 bits per heavy atom. The van der Waals surface area contributed by atoms with Gasteiger partial charge in [-0.05, 0) is 43.7 Å². The number of anilines is 2. The Balaban J connectivity index is 2.32. The topological polar surface area (TPSA) is 87.7 Å². The lowest BCUT2D eigenvalue weighted by molar-refractivity contribution is -0.143. The minimum atomic E-state index is -5.09. The summed E-state index contributed by atoms with van der Waals surface area (Å²) in [5, 5.41) is 3.74. The maximum absolute atomic E-state index is 13.0. The minimum absolute atomic E-state index is 0.0767. The molecule has 0 aliphatic rings. The molecule has 13 heteroatoms. The zero-order valence-corrected chi connectivity index (χ0v) is 17.6. The number of alkyl halides is 6. The van der Waals surface area contributed by atoms with Gasteiger partial charge in [0.05, 0.1) is 28.2 Å². The molecule has 0 bridgehead atoms. The van der Waals surface area contributed by atoms with E-state index < -0.39 is 48.9 Å². The van der Waals surface area contributed by atoms with Crippen molar-refractivity contribution in [1.82, 2.24) is 0 Å². The predicted octanol–water partition coefficient (Wildman–Crippen LogP) is 5.99. The molecule has 6 nitrogen and oxygen atoms in total. The van der Waals surface area contributed by atoms with Crippen LogP contribution >= 0.6 is 7.60 Å². The summed E-state index contributed by atoms with van der Waals surface area (Å²) in [6, 6.07) is 4.59. The molecule has 2 rings (SSSR count). The van der Waals surface area contributed by atoms with Crippen LogP contribution in [0.25, 0.3) is 0 Å². The Kier molecular flexibility index (Phi) is 7.64. The molecule has 0 spiro atoms. The summed E-state index contributed by atoms with van der Waals surface area (Å²) in [6.07, 6.45) is -10.4. The number of halogens is 6. The average Bonchev–Trinajstić information content (AvgIpc) is 2.66. The van der Waals surface area contributed by atoms with E-state index in [1.807, 2.05) is 5.32 Å². The first kappa shape index (κ1) is 25.7. The van der Waals surface area contributed by atoms with Crippen molar-refractivity contribution in [1.29, 1.82) is 0 Å². The molecular weight excluding hydrogens is 465 g/mol. The van der Waals surface area contributed by atoms with Crippen LogP contribution < -0.4 is 15.9 Å². The Hall–Kier alpha value is -2.56. The van der Waals surface area contributed by atoms with Crippen LogP contribution in [0.1, 0.15) is 31.4 Å². The molecule has 2 amide bonds. The number of hydrogen-bond donors (Lipinski definition) is 3. The maximum Gasteiger partial charge on any atom is 0.416 e. The van der Waals surface area contributed by atoms with Gasteiger partial charge in [0.2, 0.25) is 0 Å². The summed E-state index contributed by atoms with van der Waals surface area (Å²) < 4.78 is 95.5. The number of rotatable bonds is 6. The van der Waals surface area contributed by atoms with E-state index in [9.17, 15) is 40.6 Å². The van der Waals surface area contributed by atoms with Gasteiger partial charge in [-0.3, -0.25) is 4.57 Å². The first-order valence-electron chi connectivity index (χ1n) is 9.11. The normalized spacial score (nSPS) is 15.0. The molecule has 0 radical (unpaired) electrons. The monoisotopic (exact) mass is 484 g/mol. The fourth-order valence-corrected chi connectivity index (χ4v) is 3.97. The summed E-state index contributed by atoms with van der Waals surface area (Å²) in [7, 11) is -4.39. The van der Waals surface area contributed by atoms with E-state index in [0.29, 0.717) is 18.6 Å². The third-order valence-electron chi connectivity index (χ3n) is 4.20. The second kappa shape index (κ2) is 9.51. The molecule has 0 fully saturated rings. The molecule has 2 aromatic rings. The molecule has 0 aliphatic heterocycles. The van der Waals surface area contributed by atoms with E-state index >= 15 is 0 Å². The molecule has 2 unspecified atom stereocenters. The predicted molar refractivity (Wildman–Crippen MR) is 106 cm³/mol. The van der Waals surface area contributed by atoms with E-state index in [1.54, 1.807) is 13.8 Å². The number of urea groups is 1. The molecule has 176 valence electrons. The van der Waals surface area contributed by atoms with Crippen LogP contribution in [-0.2, 0) is 21.4 Å². The third kappa shape index (κ3) is 6.72. The van der Waals surface area contributed by atoms with Crippen molar-refractivity contribution in [2.75, 3.05) is 10.6 Å². The van der Waals surface area contributed by atoms with Gasteiger partial charge in [0.25, 0.3) is 0 Å². The molecule has 2 aromatic carbocycles. The van der Waals surface area contributed by atoms with Gasteiger partial charge >= 0.3 is 26.0 Å². The number of benzene rings is 2. The van der Waals surface area contributed by atoms with Crippen molar-refractivity contribution in [2.45, 2.75) is 38.7 Å². The zero-order valence-electron chi connectivity index (χ0n) is 16.7. The van der Waals surface area contributed by atoms with Gasteiger partial charge in [-0.1, -0.05) is 19.1 Å². The van der Waals surface area contributed by atoms with E-state index in [0.717, 1.165) is 0 Å². The van der Waals surface area contributed by atoms with Gasteiger partial charge in [-0.2, -0.15) is 26.3 Å². The average molecular weight is 484 g/mol. The quantitative estimate of drug-likeness (QED) is 0.347. The van der Waals surface area contributed by atoms with E-state index in [1.165, 1.54) is 24.3 Å². The van der Waals surface area contributed by atoms with Crippen molar-refractivity contribution >= 4 is 30.3 Å². The molecular formula is C19H19F6N2O4P. The summed E-state index contributed by atoms with van der Waals surface area (Å²) in [4.78, 5) is 22.5. The smallest absolute Gasteiger partial charge is 0.321 e. The summed E-state index contributed by atoms with van der Waals surface area (Å²) in [5.74, 6) is 0. The van der Waals surface area contributed by atoms with Gasteiger partial charge in [-0.25, -0.2) is 4.79 Å². The number of hydrogen-bond acceptors (Lipinski definition) is 3. The van der Waals surface area contributed by atoms with Crippen molar-refractivity contribution in [3.63, 3.8) is 0 Å². The second-order valence-electron chi connectivity index (χ2n) is 6.74. The highest BCUT2D eigenvalue weighted by Crippen LogP contribution is 2.44. The second-order valence-corrected chi connectivity index (χ2v) is 8.47. The number of carbonyl (C=O) groups excluding carboxylic acids is 1. The number of amides is 2. The highest BCUT2D eigenvalue weighted by atomic mass is 31.2. The molecule has 0 saturated heterocycles. The molecule has 0 aliphatic carbocycles. The van der Waals surface area contributed by atoms with Crippen LogP contribution in [0.2, 0.25) is 0 Å². The number of para-hydroxylation sites is 1. The lowest BCUT2D eigenvalue weighted by Crippen LogP contribution is -2.25. The Morgan fingerprint density at radius 2 is 1.56 bits per heavy atom. The number of nitrogens with one attached hydrogen (secondary N) is 2. The molecule has 0 saturated carbocycles. The van der Waals surface area contributed by atoms with E-state index in [4.69, 9.17) is 4.52 Å². The lowest BCUT2D eigenvalue weighted by atomic mass is 10.1. The lowest BCUT2D eigenvalue weighted by Gasteiger charge is -2.20. The van der Waals surface area contributed by atoms with Crippen LogP contribution in [0.3, 0.4) is 0 Å². The summed E-state index contributed by atoms with van der Waals surface area (Å²) >= 11 is 0. The standard InChI is InChI=1S/C19H19F6N2O4P/c1-3-11(2)31-32(29,30)16-7-5-4-6-15(16)27-17(28)26-14-9-12(18(20,21)22)8-13(10-14)19(23,24)25/h4-11H,3H2,1-2H3,(H,29,30)(H2,26,27,28). The third-order valence-corrected chi connectivity index (χ3v) is 5.84. The number of carbonyl (C=O) groups is 1. The van der Waals surface area contributed by atoms with Crippen LogP contribution in [0.5, 0.6) is 0 Å². The Labute approximate surface area is 179 Å². The summed E-state index contributed by atoms with van der Waals surface area (Å²) in [6.45, 7) is 3.27. The summed E-state index contributed by atoms with van der Waals surface area (Å²) in [5.41, 5.74) is -4.19. The molecule has 0 heterocycles. The van der Waals surface area contributed by atoms with Gasteiger partial charge < -0.3 is 20.1 Å². The highest BCUT2D eigenvalue weighted by Gasteiger charge is 2.37. The maximum atomic E-state index is 13.0. The Morgan fingerprint density at radius 1 is 1.03 bits per heavy atom. The van der Waals surface area contributed by atoms with Crippen molar-refractivity contribution in [3.8, 4) is 0 Å². The van der Waals surface area contributed by atoms with Crippen molar-refractivity contribution < 1.29 is 45.1 Å². The van der Waals surface area contributed by atoms with Gasteiger partial charge in [0, 0.05) is 5.69 Å². The van der Waals surface area contributed by atoms with E-state index in [-0.39, 0.29) is 17.1 Å².